The van der Waals surface area contributed by atoms with Crippen molar-refractivity contribution >= 4 is 34.4 Å². The van der Waals surface area contributed by atoms with E-state index in [4.69, 9.17) is 0 Å². The summed E-state index contributed by atoms with van der Waals surface area (Å²) in [6.45, 7) is 8.40. The van der Waals surface area contributed by atoms with Gasteiger partial charge in [-0.2, -0.15) is 0 Å². The molecule has 0 unspecified atom stereocenters. The molecule has 6 nitrogen and oxygen atoms in total. The summed E-state index contributed by atoms with van der Waals surface area (Å²) in [7, 11) is 0. The highest BCUT2D eigenvalue weighted by molar-refractivity contribution is 7.99. The first-order valence-corrected chi connectivity index (χ1v) is 11.7. The lowest BCUT2D eigenvalue weighted by Gasteiger charge is -2.14. The number of rotatable bonds is 6. The average molecular weight is 459 g/mol. The number of aryl methyl sites for hydroxylation is 4. The number of benzene rings is 2. The van der Waals surface area contributed by atoms with Crippen LogP contribution in [0.4, 0.5) is 5.69 Å². The molecule has 0 aliphatic rings. The SMILES string of the molecule is Cc1ccc(Cn2c(SCC(=O)Nc3c(C)cc(C)cc3C)nc3ncccc3c2=O)cc1. The minimum atomic E-state index is -0.165. The number of carbonyl (C=O) groups excluding carboxylic acids is 1. The molecule has 2 heterocycles. The molecule has 1 amide bonds. The number of pyridine rings is 1. The molecule has 4 aromatic rings. The molecule has 168 valence electrons. The van der Waals surface area contributed by atoms with E-state index in [2.05, 4.69) is 15.3 Å². The zero-order valence-corrected chi connectivity index (χ0v) is 20.0. The minimum Gasteiger partial charge on any atom is -0.325 e. The monoisotopic (exact) mass is 458 g/mol. The van der Waals surface area contributed by atoms with E-state index < -0.39 is 0 Å². The van der Waals surface area contributed by atoms with E-state index in [0.717, 1.165) is 33.5 Å². The average Bonchev–Trinajstić information content (AvgIpc) is 2.78. The molecule has 2 aromatic carbocycles. The second-order valence-corrected chi connectivity index (χ2v) is 9.20. The van der Waals surface area contributed by atoms with E-state index >= 15 is 0 Å². The topological polar surface area (TPSA) is 76.9 Å². The summed E-state index contributed by atoms with van der Waals surface area (Å²) >= 11 is 1.24. The van der Waals surface area contributed by atoms with Gasteiger partial charge in [-0.05, 0) is 56.5 Å². The minimum absolute atomic E-state index is 0.130. The van der Waals surface area contributed by atoms with Crippen molar-refractivity contribution in [2.75, 3.05) is 11.1 Å². The van der Waals surface area contributed by atoms with Gasteiger partial charge in [-0.25, -0.2) is 9.97 Å². The quantitative estimate of drug-likeness (QED) is 0.332. The fraction of sp³-hybridized carbons (Fsp3) is 0.231. The molecule has 1 N–H and O–H groups in total. The van der Waals surface area contributed by atoms with Gasteiger partial charge in [-0.15, -0.1) is 0 Å². The first kappa shape index (κ1) is 22.7. The Bertz CT molecular complexity index is 1370. The van der Waals surface area contributed by atoms with Crippen molar-refractivity contribution in [3.05, 3.63) is 92.9 Å². The zero-order chi connectivity index (χ0) is 23.5. The summed E-state index contributed by atoms with van der Waals surface area (Å²) in [5.41, 5.74) is 6.40. The molecular weight excluding hydrogens is 432 g/mol. The number of hydrogen-bond acceptors (Lipinski definition) is 5. The lowest BCUT2D eigenvalue weighted by atomic mass is 10.1. The summed E-state index contributed by atoms with van der Waals surface area (Å²) in [6.07, 6.45) is 1.61. The predicted octanol–water partition coefficient (Wildman–Crippen LogP) is 4.80. The van der Waals surface area contributed by atoms with Crippen LogP contribution in [0.1, 0.15) is 27.8 Å². The Morgan fingerprint density at radius 1 is 1.00 bits per heavy atom. The number of hydrogen-bond donors (Lipinski definition) is 1. The molecule has 0 aliphatic carbocycles. The third-order valence-corrected chi connectivity index (χ3v) is 6.41. The Balaban J connectivity index is 1.61. The van der Waals surface area contributed by atoms with Crippen LogP contribution in [0.2, 0.25) is 0 Å². The van der Waals surface area contributed by atoms with Crippen LogP contribution in [-0.2, 0) is 11.3 Å². The van der Waals surface area contributed by atoms with Gasteiger partial charge in [0.2, 0.25) is 5.91 Å². The van der Waals surface area contributed by atoms with Crippen molar-refractivity contribution in [3.8, 4) is 0 Å². The number of thioether (sulfide) groups is 1. The normalized spacial score (nSPS) is 11.0. The van der Waals surface area contributed by atoms with E-state index in [0.29, 0.717) is 22.7 Å². The van der Waals surface area contributed by atoms with Crippen LogP contribution in [0, 0.1) is 27.7 Å². The van der Waals surface area contributed by atoms with Crippen LogP contribution in [0.5, 0.6) is 0 Å². The Labute approximate surface area is 197 Å². The van der Waals surface area contributed by atoms with Gasteiger partial charge in [0.25, 0.3) is 5.56 Å². The van der Waals surface area contributed by atoms with Crippen LogP contribution < -0.4 is 10.9 Å². The highest BCUT2D eigenvalue weighted by Gasteiger charge is 2.15. The maximum Gasteiger partial charge on any atom is 0.263 e. The zero-order valence-electron chi connectivity index (χ0n) is 19.2. The van der Waals surface area contributed by atoms with Crippen LogP contribution in [0.25, 0.3) is 11.0 Å². The fourth-order valence-electron chi connectivity index (χ4n) is 3.84. The number of anilines is 1. The molecule has 2 aromatic heterocycles. The molecule has 0 bridgehead atoms. The fourth-order valence-corrected chi connectivity index (χ4v) is 4.63. The Hall–Kier alpha value is -3.45. The molecule has 33 heavy (non-hydrogen) atoms. The van der Waals surface area contributed by atoms with Crippen molar-refractivity contribution in [3.63, 3.8) is 0 Å². The number of carbonyl (C=O) groups is 1. The molecule has 0 saturated heterocycles. The van der Waals surface area contributed by atoms with E-state index in [1.165, 1.54) is 11.8 Å². The number of amides is 1. The van der Waals surface area contributed by atoms with Gasteiger partial charge in [-0.3, -0.25) is 14.2 Å². The molecule has 0 aliphatic heterocycles. The van der Waals surface area contributed by atoms with Gasteiger partial charge < -0.3 is 5.32 Å². The van der Waals surface area contributed by atoms with Crippen LogP contribution in [-0.4, -0.2) is 26.2 Å². The number of nitrogens with one attached hydrogen (secondary N) is 1. The van der Waals surface area contributed by atoms with Crippen molar-refractivity contribution in [1.82, 2.24) is 14.5 Å². The maximum absolute atomic E-state index is 13.2. The molecule has 0 atom stereocenters. The van der Waals surface area contributed by atoms with E-state index in [9.17, 15) is 9.59 Å². The van der Waals surface area contributed by atoms with Crippen molar-refractivity contribution in [2.45, 2.75) is 39.4 Å². The second kappa shape index (κ2) is 9.58. The summed E-state index contributed by atoms with van der Waals surface area (Å²) in [4.78, 5) is 34.9. The standard InChI is InChI=1S/C26H26N4O2S/c1-16-7-9-20(10-8-16)14-30-25(32)21-6-5-11-27-24(21)29-26(30)33-15-22(31)28-23-18(3)12-17(2)13-19(23)4/h5-13H,14-15H2,1-4H3,(H,28,31). The van der Waals surface area contributed by atoms with Gasteiger partial charge in [0, 0.05) is 11.9 Å². The van der Waals surface area contributed by atoms with Crippen molar-refractivity contribution in [1.29, 1.82) is 0 Å². The lowest BCUT2D eigenvalue weighted by molar-refractivity contribution is -0.113. The molecule has 0 fully saturated rings. The third-order valence-electron chi connectivity index (χ3n) is 5.43. The van der Waals surface area contributed by atoms with Crippen LogP contribution in [0.15, 0.2) is 64.7 Å². The summed E-state index contributed by atoms with van der Waals surface area (Å²) < 4.78 is 1.62. The van der Waals surface area contributed by atoms with E-state index in [-0.39, 0.29) is 17.2 Å². The molecule has 0 spiro atoms. The van der Waals surface area contributed by atoms with E-state index in [1.54, 1.807) is 22.9 Å². The highest BCUT2D eigenvalue weighted by Crippen LogP contribution is 2.23. The molecular formula is C26H26N4O2S. The van der Waals surface area contributed by atoms with Crippen molar-refractivity contribution in [2.24, 2.45) is 0 Å². The number of nitrogens with zero attached hydrogens (tertiary/aromatic N) is 3. The summed E-state index contributed by atoms with van der Waals surface area (Å²) in [5, 5.41) is 3.95. The molecule has 0 saturated carbocycles. The van der Waals surface area contributed by atoms with Gasteiger partial charge in [0.1, 0.15) is 0 Å². The first-order valence-electron chi connectivity index (χ1n) is 10.7. The van der Waals surface area contributed by atoms with Gasteiger partial charge in [-0.1, -0.05) is 59.3 Å². The number of fused-ring (bicyclic) bond motifs is 1. The Kier molecular flexibility index (Phi) is 6.60. The largest absolute Gasteiger partial charge is 0.325 e. The van der Waals surface area contributed by atoms with Gasteiger partial charge >= 0.3 is 0 Å². The molecule has 7 heteroatoms. The van der Waals surface area contributed by atoms with Crippen molar-refractivity contribution < 1.29 is 4.79 Å². The second-order valence-electron chi connectivity index (χ2n) is 8.26. The van der Waals surface area contributed by atoms with Crippen LogP contribution in [0.3, 0.4) is 0 Å². The maximum atomic E-state index is 13.2. The lowest BCUT2D eigenvalue weighted by Crippen LogP contribution is -2.25. The van der Waals surface area contributed by atoms with Gasteiger partial charge in [0.05, 0.1) is 17.7 Å². The highest BCUT2D eigenvalue weighted by atomic mass is 32.2. The van der Waals surface area contributed by atoms with E-state index in [1.807, 2.05) is 64.1 Å². The Morgan fingerprint density at radius 3 is 2.39 bits per heavy atom. The third kappa shape index (κ3) is 5.14. The summed E-state index contributed by atoms with van der Waals surface area (Å²) in [5.74, 6) is -0.0156. The predicted molar refractivity (Wildman–Crippen MR) is 134 cm³/mol. The van der Waals surface area contributed by atoms with Gasteiger partial charge in [0.15, 0.2) is 10.8 Å². The molecule has 4 rings (SSSR count). The summed E-state index contributed by atoms with van der Waals surface area (Å²) in [6, 6.07) is 15.6. The number of aromatic nitrogens is 3. The Morgan fingerprint density at radius 2 is 1.70 bits per heavy atom. The molecule has 0 radical (unpaired) electrons. The smallest absolute Gasteiger partial charge is 0.263 e. The first-order chi connectivity index (χ1) is 15.8. The van der Waals surface area contributed by atoms with Crippen LogP contribution >= 0.6 is 11.8 Å².